The Bertz CT molecular complexity index is 493. The predicted molar refractivity (Wildman–Crippen MR) is 69.8 cm³/mol. The molecule has 96 valence electrons. The summed E-state index contributed by atoms with van der Waals surface area (Å²) in [7, 11) is 0. The Morgan fingerprint density at radius 3 is 3.11 bits per heavy atom. The molecule has 2 aromatic heterocycles. The molecule has 0 fully saturated rings. The zero-order chi connectivity index (χ0) is 12.8. The summed E-state index contributed by atoms with van der Waals surface area (Å²) in [5, 5.41) is 17.9. The van der Waals surface area contributed by atoms with E-state index in [2.05, 4.69) is 10.4 Å². The molecule has 0 spiro atoms. The molecule has 0 atom stereocenters. The second-order valence-corrected chi connectivity index (χ2v) is 4.90. The second-order valence-electron chi connectivity index (χ2n) is 3.91. The first-order chi connectivity index (χ1) is 8.75. The summed E-state index contributed by atoms with van der Waals surface area (Å²) in [6, 6.07) is 3.63. The normalized spacial score (nSPS) is 10.7. The van der Waals surface area contributed by atoms with E-state index in [9.17, 15) is 4.79 Å². The predicted octanol–water partition coefficient (Wildman–Crippen LogP) is 1.82. The molecule has 18 heavy (non-hydrogen) atoms. The van der Waals surface area contributed by atoms with Gasteiger partial charge in [0.15, 0.2) is 0 Å². The molecule has 0 saturated carbocycles. The molecule has 0 aliphatic carbocycles. The van der Waals surface area contributed by atoms with Gasteiger partial charge in [0.25, 0.3) is 0 Å². The summed E-state index contributed by atoms with van der Waals surface area (Å²) in [6.07, 6.45) is 4.71. The molecule has 0 radical (unpaired) electrons. The number of aryl methyl sites for hydroxylation is 1. The quantitative estimate of drug-likeness (QED) is 0.749. The topological polar surface area (TPSA) is 67.2 Å². The van der Waals surface area contributed by atoms with Crippen molar-refractivity contribution < 1.29 is 9.90 Å². The van der Waals surface area contributed by atoms with E-state index in [4.69, 9.17) is 5.11 Å². The van der Waals surface area contributed by atoms with Crippen molar-refractivity contribution in [2.75, 3.05) is 6.54 Å². The number of hydrogen-bond donors (Lipinski definition) is 2. The fourth-order valence-electron chi connectivity index (χ4n) is 1.60. The van der Waals surface area contributed by atoms with Gasteiger partial charge in [-0.05, 0) is 25.1 Å². The van der Waals surface area contributed by atoms with Crippen LogP contribution in [0.15, 0.2) is 29.9 Å². The molecular formula is C12H15N3O2S. The number of hydrogen-bond acceptors (Lipinski definition) is 4. The maximum Gasteiger partial charge on any atom is 0.336 e. The van der Waals surface area contributed by atoms with Crippen LogP contribution in [0.25, 0.3) is 0 Å². The Hall–Kier alpha value is -1.66. The van der Waals surface area contributed by atoms with Gasteiger partial charge in [-0.15, -0.1) is 11.3 Å². The molecule has 0 unspecified atom stereocenters. The van der Waals surface area contributed by atoms with Crippen LogP contribution in [0.4, 0.5) is 0 Å². The van der Waals surface area contributed by atoms with Crippen molar-refractivity contribution in [3.63, 3.8) is 0 Å². The maximum atomic E-state index is 10.7. The summed E-state index contributed by atoms with van der Waals surface area (Å²) in [6.45, 7) is 2.50. The minimum Gasteiger partial charge on any atom is -0.478 e. The van der Waals surface area contributed by atoms with Crippen LogP contribution in [-0.4, -0.2) is 27.4 Å². The van der Waals surface area contributed by atoms with Crippen molar-refractivity contribution in [2.24, 2.45) is 0 Å². The largest absolute Gasteiger partial charge is 0.478 e. The fourth-order valence-corrected chi connectivity index (χ4v) is 2.42. The Morgan fingerprint density at radius 2 is 2.44 bits per heavy atom. The Balaban J connectivity index is 1.64. The van der Waals surface area contributed by atoms with Crippen molar-refractivity contribution >= 4 is 17.3 Å². The van der Waals surface area contributed by atoms with Crippen molar-refractivity contribution in [1.29, 1.82) is 0 Å². The van der Waals surface area contributed by atoms with Gasteiger partial charge in [-0.3, -0.25) is 4.68 Å². The minimum absolute atomic E-state index is 0.369. The van der Waals surface area contributed by atoms with Gasteiger partial charge in [-0.25, -0.2) is 4.79 Å². The second kappa shape index (κ2) is 6.32. The van der Waals surface area contributed by atoms with E-state index in [1.54, 1.807) is 17.6 Å². The monoisotopic (exact) mass is 265 g/mol. The first-order valence-corrected chi connectivity index (χ1v) is 6.62. The SMILES string of the molecule is O=C(O)c1csc(CNCCCn2cccn2)c1. The Morgan fingerprint density at radius 1 is 1.56 bits per heavy atom. The van der Waals surface area contributed by atoms with E-state index in [-0.39, 0.29) is 0 Å². The molecule has 0 amide bonds. The first-order valence-electron chi connectivity index (χ1n) is 5.74. The van der Waals surface area contributed by atoms with Crippen LogP contribution in [0.3, 0.4) is 0 Å². The zero-order valence-corrected chi connectivity index (χ0v) is 10.7. The third kappa shape index (κ3) is 3.68. The summed E-state index contributed by atoms with van der Waals surface area (Å²) in [5.74, 6) is -0.865. The molecule has 5 nitrogen and oxygen atoms in total. The number of nitrogens with zero attached hydrogens (tertiary/aromatic N) is 2. The first kappa shape index (κ1) is 12.8. The highest BCUT2D eigenvalue weighted by atomic mass is 32.1. The molecule has 2 rings (SSSR count). The molecule has 0 aliphatic rings. The van der Waals surface area contributed by atoms with E-state index < -0.39 is 5.97 Å². The molecular weight excluding hydrogens is 250 g/mol. The lowest BCUT2D eigenvalue weighted by Gasteiger charge is -2.03. The number of aromatic nitrogens is 2. The van der Waals surface area contributed by atoms with Crippen LogP contribution < -0.4 is 5.32 Å². The lowest BCUT2D eigenvalue weighted by atomic mass is 10.3. The van der Waals surface area contributed by atoms with Gasteiger partial charge in [-0.1, -0.05) is 0 Å². The van der Waals surface area contributed by atoms with Crippen LogP contribution in [0, 0.1) is 0 Å². The molecule has 0 aliphatic heterocycles. The summed E-state index contributed by atoms with van der Waals surface area (Å²) >= 11 is 1.47. The highest BCUT2D eigenvalue weighted by Gasteiger charge is 2.05. The number of aromatic carboxylic acids is 1. The third-order valence-electron chi connectivity index (χ3n) is 2.50. The average Bonchev–Trinajstić information content (AvgIpc) is 2.98. The fraction of sp³-hybridized carbons (Fsp3) is 0.333. The van der Waals surface area contributed by atoms with Gasteiger partial charge in [0, 0.05) is 35.7 Å². The van der Waals surface area contributed by atoms with Gasteiger partial charge in [0.2, 0.25) is 0 Å². The van der Waals surface area contributed by atoms with Crippen molar-refractivity contribution in [3.8, 4) is 0 Å². The van der Waals surface area contributed by atoms with E-state index in [1.807, 2.05) is 16.9 Å². The summed E-state index contributed by atoms with van der Waals surface area (Å²) in [4.78, 5) is 11.7. The number of rotatable bonds is 7. The van der Waals surface area contributed by atoms with Crippen LogP contribution in [0.5, 0.6) is 0 Å². The van der Waals surface area contributed by atoms with Gasteiger partial charge in [0.05, 0.1) is 5.56 Å². The molecule has 6 heteroatoms. The molecule has 0 saturated heterocycles. The average molecular weight is 265 g/mol. The number of carbonyl (C=O) groups is 1. The van der Waals surface area contributed by atoms with Crippen LogP contribution >= 0.6 is 11.3 Å². The van der Waals surface area contributed by atoms with E-state index >= 15 is 0 Å². The van der Waals surface area contributed by atoms with Crippen molar-refractivity contribution in [2.45, 2.75) is 19.5 Å². The van der Waals surface area contributed by atoms with Gasteiger partial charge in [-0.2, -0.15) is 5.10 Å². The smallest absolute Gasteiger partial charge is 0.336 e. The van der Waals surface area contributed by atoms with Crippen molar-refractivity contribution in [1.82, 2.24) is 15.1 Å². The lowest BCUT2D eigenvalue weighted by Crippen LogP contribution is -2.16. The molecule has 2 N–H and O–H groups in total. The Labute approximate surface area is 109 Å². The molecule has 2 heterocycles. The van der Waals surface area contributed by atoms with Gasteiger partial charge >= 0.3 is 5.97 Å². The number of nitrogens with one attached hydrogen (secondary N) is 1. The molecule has 0 bridgehead atoms. The molecule has 0 aromatic carbocycles. The van der Waals surface area contributed by atoms with Crippen LogP contribution in [-0.2, 0) is 13.1 Å². The minimum atomic E-state index is -0.865. The summed E-state index contributed by atoms with van der Waals surface area (Å²) < 4.78 is 1.90. The molecule has 2 aromatic rings. The van der Waals surface area contributed by atoms with Crippen molar-refractivity contribution in [3.05, 3.63) is 40.3 Å². The van der Waals surface area contributed by atoms with E-state index in [0.717, 1.165) is 30.9 Å². The highest BCUT2D eigenvalue weighted by Crippen LogP contribution is 2.14. The lowest BCUT2D eigenvalue weighted by molar-refractivity contribution is 0.0697. The van der Waals surface area contributed by atoms with Gasteiger partial charge in [0.1, 0.15) is 0 Å². The van der Waals surface area contributed by atoms with E-state index in [1.165, 1.54) is 11.3 Å². The summed E-state index contributed by atoms with van der Waals surface area (Å²) in [5.41, 5.74) is 0.369. The van der Waals surface area contributed by atoms with Crippen LogP contribution in [0.2, 0.25) is 0 Å². The number of carboxylic acids is 1. The third-order valence-corrected chi connectivity index (χ3v) is 3.44. The Kier molecular flexibility index (Phi) is 4.49. The number of carboxylic acid groups (broad SMARTS) is 1. The zero-order valence-electron chi connectivity index (χ0n) is 9.87. The highest BCUT2D eigenvalue weighted by molar-refractivity contribution is 7.10. The van der Waals surface area contributed by atoms with E-state index in [0.29, 0.717) is 5.56 Å². The maximum absolute atomic E-state index is 10.7. The standard InChI is InChI=1S/C12H15N3O2S/c16-12(17)10-7-11(18-9-10)8-13-3-1-5-15-6-2-4-14-15/h2,4,6-7,9,13H,1,3,5,8H2,(H,16,17). The van der Waals surface area contributed by atoms with Crippen LogP contribution in [0.1, 0.15) is 21.7 Å². The number of thiophene rings is 1. The van der Waals surface area contributed by atoms with Gasteiger partial charge < -0.3 is 10.4 Å².